The van der Waals surface area contributed by atoms with Crippen LogP contribution in [0.15, 0.2) is 40.8 Å². The molecule has 1 amide bonds. The van der Waals surface area contributed by atoms with E-state index in [9.17, 15) is 9.59 Å². The second kappa shape index (κ2) is 6.23. The average molecular weight is 327 g/mol. The highest BCUT2D eigenvalue weighted by molar-refractivity contribution is 6.08. The van der Waals surface area contributed by atoms with Crippen LogP contribution in [-0.4, -0.2) is 25.1 Å². The van der Waals surface area contributed by atoms with E-state index in [2.05, 4.69) is 5.32 Å². The van der Waals surface area contributed by atoms with Crippen LogP contribution < -0.4 is 10.1 Å². The SMILES string of the molecule is COc1cc2c(cc1NC(=O)[C@H](C)OC(C)=O)oc1ccccc12. The molecule has 0 fully saturated rings. The smallest absolute Gasteiger partial charge is 0.303 e. The predicted molar refractivity (Wildman–Crippen MR) is 90.1 cm³/mol. The molecule has 0 aliphatic carbocycles. The number of para-hydroxylation sites is 1. The fourth-order valence-corrected chi connectivity index (χ4v) is 2.55. The summed E-state index contributed by atoms with van der Waals surface area (Å²) in [4.78, 5) is 23.1. The Hall–Kier alpha value is -3.02. The number of furan rings is 1. The van der Waals surface area contributed by atoms with Crippen molar-refractivity contribution in [1.82, 2.24) is 0 Å². The van der Waals surface area contributed by atoms with Crippen molar-refractivity contribution in [3.05, 3.63) is 36.4 Å². The number of hydrogen-bond acceptors (Lipinski definition) is 5. The Morgan fingerprint density at radius 3 is 2.58 bits per heavy atom. The first-order valence-corrected chi connectivity index (χ1v) is 7.47. The Bertz CT molecular complexity index is 928. The third-order valence-corrected chi connectivity index (χ3v) is 3.67. The van der Waals surface area contributed by atoms with Crippen LogP contribution in [-0.2, 0) is 14.3 Å². The number of benzene rings is 2. The van der Waals surface area contributed by atoms with Crippen molar-refractivity contribution in [2.75, 3.05) is 12.4 Å². The quantitative estimate of drug-likeness (QED) is 0.742. The van der Waals surface area contributed by atoms with E-state index in [0.717, 1.165) is 16.4 Å². The molecule has 124 valence electrons. The van der Waals surface area contributed by atoms with Gasteiger partial charge in [-0.3, -0.25) is 9.59 Å². The zero-order valence-electron chi connectivity index (χ0n) is 13.6. The molecule has 6 nitrogen and oxygen atoms in total. The van der Waals surface area contributed by atoms with Gasteiger partial charge in [0.05, 0.1) is 12.8 Å². The number of amides is 1. The topological polar surface area (TPSA) is 77.8 Å². The molecule has 2 aromatic carbocycles. The van der Waals surface area contributed by atoms with Crippen molar-refractivity contribution in [1.29, 1.82) is 0 Å². The van der Waals surface area contributed by atoms with Gasteiger partial charge in [-0.15, -0.1) is 0 Å². The lowest BCUT2D eigenvalue weighted by Crippen LogP contribution is -2.29. The number of carbonyl (C=O) groups is 2. The number of carbonyl (C=O) groups excluding carboxylic acids is 2. The zero-order valence-corrected chi connectivity index (χ0v) is 13.6. The summed E-state index contributed by atoms with van der Waals surface area (Å²) in [6, 6.07) is 11.2. The predicted octanol–water partition coefficient (Wildman–Crippen LogP) is 3.48. The Balaban J connectivity index is 1.99. The van der Waals surface area contributed by atoms with Crippen molar-refractivity contribution in [2.45, 2.75) is 20.0 Å². The standard InChI is InChI=1S/C18H17NO5/c1-10(23-11(2)20)18(21)19-14-9-16-13(8-17(14)22-3)12-6-4-5-7-15(12)24-16/h4-10H,1-3H3,(H,19,21)/t10-/m0/s1. The van der Waals surface area contributed by atoms with E-state index in [4.69, 9.17) is 13.9 Å². The van der Waals surface area contributed by atoms with Crippen molar-refractivity contribution in [2.24, 2.45) is 0 Å². The van der Waals surface area contributed by atoms with E-state index in [-0.39, 0.29) is 0 Å². The van der Waals surface area contributed by atoms with Gasteiger partial charge in [-0.2, -0.15) is 0 Å². The van der Waals surface area contributed by atoms with Crippen molar-refractivity contribution >= 4 is 39.5 Å². The minimum absolute atomic E-state index is 0.445. The van der Waals surface area contributed by atoms with Gasteiger partial charge in [-0.05, 0) is 19.1 Å². The second-order valence-corrected chi connectivity index (χ2v) is 5.39. The fraction of sp³-hybridized carbons (Fsp3) is 0.222. The molecule has 3 aromatic rings. The summed E-state index contributed by atoms with van der Waals surface area (Å²) in [5.41, 5.74) is 1.84. The van der Waals surface area contributed by atoms with Gasteiger partial charge in [0.25, 0.3) is 5.91 Å². The summed E-state index contributed by atoms with van der Waals surface area (Å²) in [7, 11) is 1.52. The second-order valence-electron chi connectivity index (χ2n) is 5.39. The van der Waals surface area contributed by atoms with Crippen LogP contribution in [0.5, 0.6) is 5.75 Å². The number of methoxy groups -OCH3 is 1. The summed E-state index contributed by atoms with van der Waals surface area (Å²) in [6.45, 7) is 2.76. The highest BCUT2D eigenvalue weighted by atomic mass is 16.5. The van der Waals surface area contributed by atoms with Gasteiger partial charge in [0.15, 0.2) is 6.10 Å². The zero-order chi connectivity index (χ0) is 17.3. The Morgan fingerprint density at radius 1 is 1.12 bits per heavy atom. The van der Waals surface area contributed by atoms with Crippen molar-refractivity contribution in [3.63, 3.8) is 0 Å². The molecule has 1 N–H and O–H groups in total. The van der Waals surface area contributed by atoms with Crippen LogP contribution in [0.3, 0.4) is 0 Å². The molecule has 6 heteroatoms. The summed E-state index contributed by atoms with van der Waals surface area (Å²) < 4.78 is 16.1. The third kappa shape index (κ3) is 2.90. The number of hydrogen-bond donors (Lipinski definition) is 1. The summed E-state index contributed by atoms with van der Waals surface area (Å²) in [5.74, 6) is -0.464. The molecule has 0 saturated heterocycles. The van der Waals surface area contributed by atoms with Crippen LogP contribution in [0.1, 0.15) is 13.8 Å². The van der Waals surface area contributed by atoms with Gasteiger partial charge in [0.1, 0.15) is 16.9 Å². The van der Waals surface area contributed by atoms with Crippen LogP contribution in [0, 0.1) is 0 Å². The molecule has 0 aliphatic heterocycles. The third-order valence-electron chi connectivity index (χ3n) is 3.67. The van der Waals surface area contributed by atoms with Crippen LogP contribution >= 0.6 is 0 Å². The maximum absolute atomic E-state index is 12.1. The number of esters is 1. The van der Waals surface area contributed by atoms with E-state index >= 15 is 0 Å². The van der Waals surface area contributed by atoms with Crippen LogP contribution in [0.2, 0.25) is 0 Å². The molecule has 0 bridgehead atoms. The average Bonchev–Trinajstić information content (AvgIpc) is 2.90. The van der Waals surface area contributed by atoms with Gasteiger partial charge >= 0.3 is 5.97 Å². The molecule has 24 heavy (non-hydrogen) atoms. The van der Waals surface area contributed by atoms with Gasteiger partial charge in [-0.25, -0.2) is 0 Å². The van der Waals surface area contributed by atoms with Crippen LogP contribution in [0.4, 0.5) is 5.69 Å². The molecule has 0 unspecified atom stereocenters. The highest BCUT2D eigenvalue weighted by Gasteiger charge is 2.19. The number of fused-ring (bicyclic) bond motifs is 3. The number of rotatable bonds is 4. The Kier molecular flexibility index (Phi) is 4.12. The van der Waals surface area contributed by atoms with Crippen molar-refractivity contribution in [3.8, 4) is 5.75 Å². The minimum Gasteiger partial charge on any atom is -0.495 e. The first kappa shape index (κ1) is 15.9. The minimum atomic E-state index is -0.904. The molecular formula is C18H17NO5. The van der Waals surface area contributed by atoms with Gasteiger partial charge < -0.3 is 19.2 Å². The molecular weight excluding hydrogens is 310 g/mol. The molecule has 0 aliphatic rings. The maximum Gasteiger partial charge on any atom is 0.303 e. The van der Waals surface area contributed by atoms with E-state index in [1.54, 1.807) is 6.07 Å². The first-order valence-electron chi connectivity index (χ1n) is 7.47. The maximum atomic E-state index is 12.1. The summed E-state index contributed by atoms with van der Waals surface area (Å²) >= 11 is 0. The lowest BCUT2D eigenvalue weighted by atomic mass is 10.1. The Labute approximate surface area is 138 Å². The van der Waals surface area contributed by atoms with Gasteiger partial charge in [-0.1, -0.05) is 18.2 Å². The van der Waals surface area contributed by atoms with E-state index in [1.807, 2.05) is 30.3 Å². The van der Waals surface area contributed by atoms with E-state index in [1.165, 1.54) is 21.0 Å². The lowest BCUT2D eigenvalue weighted by molar-refractivity contribution is -0.150. The largest absolute Gasteiger partial charge is 0.495 e. The molecule has 0 radical (unpaired) electrons. The molecule has 1 aromatic heterocycles. The number of nitrogens with one attached hydrogen (secondary N) is 1. The molecule has 1 heterocycles. The first-order chi connectivity index (χ1) is 11.5. The van der Waals surface area contributed by atoms with Gasteiger partial charge in [0.2, 0.25) is 0 Å². The lowest BCUT2D eigenvalue weighted by Gasteiger charge is -2.14. The van der Waals surface area contributed by atoms with Crippen LogP contribution in [0.25, 0.3) is 21.9 Å². The summed E-state index contributed by atoms with van der Waals surface area (Å²) in [6.07, 6.45) is -0.904. The number of ether oxygens (including phenoxy) is 2. The number of anilines is 1. The highest BCUT2D eigenvalue weighted by Crippen LogP contribution is 2.36. The molecule has 1 atom stereocenters. The van der Waals surface area contributed by atoms with Crippen molar-refractivity contribution < 1.29 is 23.5 Å². The Morgan fingerprint density at radius 2 is 1.88 bits per heavy atom. The monoisotopic (exact) mass is 327 g/mol. The fourth-order valence-electron chi connectivity index (χ4n) is 2.55. The summed E-state index contributed by atoms with van der Waals surface area (Å²) in [5, 5.41) is 4.57. The van der Waals surface area contributed by atoms with Gasteiger partial charge in [0, 0.05) is 23.8 Å². The normalized spacial score (nSPS) is 12.1. The molecule has 0 spiro atoms. The van der Waals surface area contributed by atoms with E-state index in [0.29, 0.717) is 17.0 Å². The van der Waals surface area contributed by atoms with E-state index < -0.39 is 18.0 Å². The molecule has 0 saturated carbocycles. The molecule has 3 rings (SSSR count).